The smallest absolute Gasteiger partial charge is 0.227 e. The quantitative estimate of drug-likeness (QED) is 0.751. The van der Waals surface area contributed by atoms with Crippen LogP contribution >= 0.6 is 0 Å². The minimum atomic E-state index is -0.391. The highest BCUT2D eigenvalue weighted by Crippen LogP contribution is 2.30. The highest BCUT2D eigenvalue weighted by molar-refractivity contribution is 5.84. The Hall–Kier alpha value is -1.06. The zero-order valence-corrected chi connectivity index (χ0v) is 9.80. The zero-order chi connectivity index (χ0) is 11.5. The van der Waals surface area contributed by atoms with Crippen LogP contribution in [0.4, 0.5) is 0 Å². The summed E-state index contributed by atoms with van der Waals surface area (Å²) in [7, 11) is 1.64. The Labute approximate surface area is 91.0 Å². The summed E-state index contributed by atoms with van der Waals surface area (Å²) in [4.78, 5) is 25.1. The number of hydrogen-bond acceptors (Lipinski definition) is 2. The summed E-state index contributed by atoms with van der Waals surface area (Å²) in [5, 5.41) is 2.66. The molecule has 1 aliphatic rings. The SMILES string of the molecule is CCCC(=O)N1CCC(C)(C(=O)NC)C1. The van der Waals surface area contributed by atoms with Gasteiger partial charge in [-0.25, -0.2) is 0 Å². The molecule has 4 heteroatoms. The van der Waals surface area contributed by atoms with Gasteiger partial charge in [-0.1, -0.05) is 6.92 Å². The molecule has 4 nitrogen and oxygen atoms in total. The average molecular weight is 212 g/mol. The highest BCUT2D eigenvalue weighted by Gasteiger charge is 2.41. The molecule has 0 radical (unpaired) electrons. The van der Waals surface area contributed by atoms with E-state index in [4.69, 9.17) is 0 Å². The summed E-state index contributed by atoms with van der Waals surface area (Å²) in [5.74, 6) is 0.208. The van der Waals surface area contributed by atoms with Crippen LogP contribution in [0.3, 0.4) is 0 Å². The fourth-order valence-electron chi connectivity index (χ4n) is 2.03. The van der Waals surface area contributed by atoms with Crippen molar-refractivity contribution >= 4 is 11.8 Å². The van der Waals surface area contributed by atoms with E-state index < -0.39 is 5.41 Å². The first-order valence-electron chi connectivity index (χ1n) is 5.53. The minimum absolute atomic E-state index is 0.0364. The summed E-state index contributed by atoms with van der Waals surface area (Å²) >= 11 is 0. The van der Waals surface area contributed by atoms with Gasteiger partial charge in [0.15, 0.2) is 0 Å². The van der Waals surface area contributed by atoms with Gasteiger partial charge in [0.05, 0.1) is 5.41 Å². The molecule has 0 spiro atoms. The number of hydrogen-bond donors (Lipinski definition) is 1. The Kier molecular flexibility index (Phi) is 3.72. The van der Waals surface area contributed by atoms with Crippen molar-refractivity contribution in [1.29, 1.82) is 0 Å². The predicted octanol–water partition coefficient (Wildman–Crippen LogP) is 0.771. The molecule has 0 aliphatic carbocycles. The van der Waals surface area contributed by atoms with Crippen LogP contribution in [0.5, 0.6) is 0 Å². The molecule has 1 fully saturated rings. The van der Waals surface area contributed by atoms with Crippen molar-refractivity contribution in [1.82, 2.24) is 10.2 Å². The lowest BCUT2D eigenvalue weighted by atomic mass is 9.89. The molecular formula is C11H20N2O2. The zero-order valence-electron chi connectivity index (χ0n) is 9.80. The molecule has 1 aliphatic heterocycles. The van der Waals surface area contributed by atoms with Crippen LogP contribution in [-0.2, 0) is 9.59 Å². The topological polar surface area (TPSA) is 49.4 Å². The third-order valence-electron chi connectivity index (χ3n) is 3.07. The maximum absolute atomic E-state index is 11.6. The van der Waals surface area contributed by atoms with Crippen molar-refractivity contribution in [2.75, 3.05) is 20.1 Å². The Morgan fingerprint density at radius 1 is 1.47 bits per heavy atom. The summed E-state index contributed by atoms with van der Waals surface area (Å²) < 4.78 is 0. The van der Waals surface area contributed by atoms with E-state index in [1.807, 2.05) is 13.8 Å². The van der Waals surface area contributed by atoms with E-state index >= 15 is 0 Å². The second-order valence-corrected chi connectivity index (χ2v) is 4.46. The third-order valence-corrected chi connectivity index (χ3v) is 3.07. The van der Waals surface area contributed by atoms with Gasteiger partial charge in [0, 0.05) is 26.6 Å². The number of rotatable bonds is 3. The molecule has 0 aromatic rings. The van der Waals surface area contributed by atoms with Gasteiger partial charge in [0.25, 0.3) is 0 Å². The van der Waals surface area contributed by atoms with Gasteiger partial charge < -0.3 is 10.2 Å². The van der Waals surface area contributed by atoms with Crippen LogP contribution in [0.15, 0.2) is 0 Å². The number of carbonyl (C=O) groups excluding carboxylic acids is 2. The first kappa shape index (κ1) is 12.0. The standard InChI is InChI=1S/C11H20N2O2/c1-4-5-9(14)13-7-6-11(2,8-13)10(15)12-3/h4-8H2,1-3H3,(H,12,15). The van der Waals surface area contributed by atoms with Crippen molar-refractivity contribution in [3.63, 3.8) is 0 Å². The molecule has 0 aromatic carbocycles. The molecule has 15 heavy (non-hydrogen) atoms. The van der Waals surface area contributed by atoms with Crippen LogP contribution in [-0.4, -0.2) is 36.9 Å². The second kappa shape index (κ2) is 4.64. The van der Waals surface area contributed by atoms with Crippen molar-refractivity contribution in [2.24, 2.45) is 5.41 Å². The van der Waals surface area contributed by atoms with E-state index in [0.717, 1.165) is 12.8 Å². The lowest BCUT2D eigenvalue weighted by molar-refractivity contribution is -0.132. The van der Waals surface area contributed by atoms with Crippen LogP contribution in [0.1, 0.15) is 33.1 Å². The largest absolute Gasteiger partial charge is 0.359 e. The van der Waals surface area contributed by atoms with E-state index in [1.54, 1.807) is 11.9 Å². The van der Waals surface area contributed by atoms with Gasteiger partial charge in [0.2, 0.25) is 11.8 Å². The maximum atomic E-state index is 11.6. The van der Waals surface area contributed by atoms with Crippen LogP contribution < -0.4 is 5.32 Å². The molecule has 1 atom stereocenters. The van der Waals surface area contributed by atoms with Gasteiger partial charge >= 0.3 is 0 Å². The molecule has 2 amide bonds. The molecule has 1 unspecified atom stereocenters. The van der Waals surface area contributed by atoms with E-state index in [2.05, 4.69) is 5.32 Å². The van der Waals surface area contributed by atoms with Crippen LogP contribution in [0.2, 0.25) is 0 Å². The number of carbonyl (C=O) groups is 2. The average Bonchev–Trinajstić information content (AvgIpc) is 2.61. The molecule has 1 saturated heterocycles. The summed E-state index contributed by atoms with van der Waals surface area (Å²) in [6, 6.07) is 0. The third kappa shape index (κ3) is 2.49. The van der Waals surface area contributed by atoms with Gasteiger partial charge in [-0.15, -0.1) is 0 Å². The van der Waals surface area contributed by atoms with Crippen LogP contribution in [0, 0.1) is 5.41 Å². The molecule has 1 heterocycles. The Morgan fingerprint density at radius 2 is 2.13 bits per heavy atom. The molecule has 0 bridgehead atoms. The Balaban J connectivity index is 2.58. The number of nitrogens with one attached hydrogen (secondary N) is 1. The van der Waals surface area contributed by atoms with Crippen molar-refractivity contribution < 1.29 is 9.59 Å². The highest BCUT2D eigenvalue weighted by atomic mass is 16.2. The van der Waals surface area contributed by atoms with Gasteiger partial charge in [0.1, 0.15) is 0 Å². The van der Waals surface area contributed by atoms with E-state index in [-0.39, 0.29) is 11.8 Å². The fourth-order valence-corrected chi connectivity index (χ4v) is 2.03. The number of likely N-dealkylation sites (tertiary alicyclic amines) is 1. The van der Waals surface area contributed by atoms with E-state index in [9.17, 15) is 9.59 Å². The Bertz CT molecular complexity index is 265. The molecule has 1 N–H and O–H groups in total. The monoisotopic (exact) mass is 212 g/mol. The van der Waals surface area contributed by atoms with Crippen LogP contribution in [0.25, 0.3) is 0 Å². The molecular weight excluding hydrogens is 192 g/mol. The summed E-state index contributed by atoms with van der Waals surface area (Å²) in [6.45, 7) is 5.19. The van der Waals surface area contributed by atoms with E-state index in [1.165, 1.54) is 0 Å². The van der Waals surface area contributed by atoms with Gasteiger partial charge in [-0.05, 0) is 19.8 Å². The first-order valence-corrected chi connectivity index (χ1v) is 5.53. The van der Waals surface area contributed by atoms with Crippen molar-refractivity contribution in [3.05, 3.63) is 0 Å². The van der Waals surface area contributed by atoms with Gasteiger partial charge in [-0.3, -0.25) is 9.59 Å². The van der Waals surface area contributed by atoms with Crippen molar-refractivity contribution in [3.8, 4) is 0 Å². The maximum Gasteiger partial charge on any atom is 0.227 e. The molecule has 0 aromatic heterocycles. The fraction of sp³-hybridized carbons (Fsp3) is 0.818. The molecule has 0 saturated carbocycles. The normalized spacial score (nSPS) is 25.4. The van der Waals surface area contributed by atoms with Gasteiger partial charge in [-0.2, -0.15) is 0 Å². The Morgan fingerprint density at radius 3 is 2.67 bits per heavy atom. The second-order valence-electron chi connectivity index (χ2n) is 4.46. The van der Waals surface area contributed by atoms with Crippen molar-refractivity contribution in [2.45, 2.75) is 33.1 Å². The number of amides is 2. The number of nitrogens with zero attached hydrogens (tertiary/aromatic N) is 1. The van der Waals surface area contributed by atoms with E-state index in [0.29, 0.717) is 19.5 Å². The molecule has 1 rings (SSSR count). The lowest BCUT2D eigenvalue weighted by Gasteiger charge is -2.22. The predicted molar refractivity (Wildman–Crippen MR) is 58.3 cm³/mol. The lowest BCUT2D eigenvalue weighted by Crippen LogP contribution is -2.40. The summed E-state index contributed by atoms with van der Waals surface area (Å²) in [5.41, 5.74) is -0.391. The molecule has 86 valence electrons. The minimum Gasteiger partial charge on any atom is -0.359 e. The summed E-state index contributed by atoms with van der Waals surface area (Å²) in [6.07, 6.45) is 2.22. The first-order chi connectivity index (χ1) is 7.03.